The minimum atomic E-state index is -0.211. The molecule has 0 aliphatic carbocycles. The van der Waals surface area contributed by atoms with Crippen molar-refractivity contribution in [1.82, 2.24) is 9.97 Å². The van der Waals surface area contributed by atoms with E-state index in [1.807, 2.05) is 18.2 Å². The van der Waals surface area contributed by atoms with Crippen molar-refractivity contribution >= 4 is 18.0 Å². The van der Waals surface area contributed by atoms with Crippen molar-refractivity contribution in [3.63, 3.8) is 0 Å². The molecule has 0 spiro atoms. The Balaban J connectivity index is 2.02. The van der Waals surface area contributed by atoms with Gasteiger partial charge >= 0.3 is 0 Å². The summed E-state index contributed by atoms with van der Waals surface area (Å²) in [6, 6.07) is 11.7. The third kappa shape index (κ3) is 4.73. The molecule has 1 atom stereocenters. The lowest BCUT2D eigenvalue weighted by molar-refractivity contribution is -0.107. The Morgan fingerprint density at radius 1 is 1.14 bits per heavy atom. The summed E-state index contributed by atoms with van der Waals surface area (Å²) in [5.74, 6) is 0.837. The zero-order chi connectivity index (χ0) is 15.8. The lowest BCUT2D eigenvalue weighted by Crippen LogP contribution is -2.08. The topological polar surface area (TPSA) is 61.3 Å². The molecule has 0 fully saturated rings. The number of aromatic nitrogens is 2. The number of hydrogen-bond acceptors (Lipinski definition) is 6. The van der Waals surface area contributed by atoms with Crippen LogP contribution in [-0.2, 0) is 11.2 Å². The second-order valence-electron chi connectivity index (χ2n) is 4.55. The molecule has 5 nitrogen and oxygen atoms in total. The van der Waals surface area contributed by atoms with Gasteiger partial charge in [0, 0.05) is 0 Å². The van der Waals surface area contributed by atoms with Gasteiger partial charge in [-0.2, -0.15) is 9.97 Å². The van der Waals surface area contributed by atoms with E-state index in [0.717, 1.165) is 19.1 Å². The van der Waals surface area contributed by atoms with Crippen molar-refractivity contribution in [2.45, 2.75) is 23.2 Å². The lowest BCUT2D eigenvalue weighted by Gasteiger charge is -2.10. The average Bonchev–Trinajstić information content (AvgIpc) is 2.59. The smallest absolute Gasteiger partial charge is 0.220 e. The van der Waals surface area contributed by atoms with Crippen LogP contribution in [0.4, 0.5) is 0 Å². The minimum Gasteiger partial charge on any atom is -0.481 e. The van der Waals surface area contributed by atoms with Crippen LogP contribution in [0.25, 0.3) is 0 Å². The molecule has 0 saturated carbocycles. The summed E-state index contributed by atoms with van der Waals surface area (Å²) in [4.78, 5) is 19.8. The zero-order valence-corrected chi connectivity index (χ0v) is 13.4. The van der Waals surface area contributed by atoms with Crippen LogP contribution in [0.2, 0.25) is 0 Å². The molecule has 0 aliphatic heterocycles. The number of hydrogen-bond donors (Lipinski definition) is 0. The highest BCUT2D eigenvalue weighted by molar-refractivity contribution is 8.00. The van der Waals surface area contributed by atoms with Crippen molar-refractivity contribution in [3.8, 4) is 11.8 Å². The molecule has 2 rings (SSSR count). The molecule has 2 aromatic rings. The first-order valence-corrected chi connectivity index (χ1v) is 7.76. The fourth-order valence-electron chi connectivity index (χ4n) is 1.89. The Morgan fingerprint density at radius 3 is 2.32 bits per heavy atom. The largest absolute Gasteiger partial charge is 0.481 e. The van der Waals surface area contributed by atoms with Gasteiger partial charge in [0.25, 0.3) is 0 Å². The molecule has 1 aromatic heterocycles. The molecule has 0 amide bonds. The number of ether oxygens (including phenoxy) is 2. The summed E-state index contributed by atoms with van der Waals surface area (Å²) < 4.78 is 10.2. The van der Waals surface area contributed by atoms with Crippen molar-refractivity contribution in [3.05, 3.63) is 42.0 Å². The van der Waals surface area contributed by atoms with Crippen LogP contribution in [0.1, 0.15) is 12.0 Å². The van der Waals surface area contributed by atoms with Crippen molar-refractivity contribution in [2.24, 2.45) is 0 Å². The molecular weight excluding hydrogens is 300 g/mol. The van der Waals surface area contributed by atoms with Gasteiger partial charge < -0.3 is 14.3 Å². The Hall–Kier alpha value is -2.08. The summed E-state index contributed by atoms with van der Waals surface area (Å²) in [7, 11) is 3.06. The number of aryl methyl sites for hydroxylation is 1. The number of rotatable bonds is 8. The summed E-state index contributed by atoms with van der Waals surface area (Å²) in [5, 5.41) is 0.262. The minimum absolute atomic E-state index is 0.211. The first-order valence-electron chi connectivity index (χ1n) is 6.88. The van der Waals surface area contributed by atoms with E-state index < -0.39 is 0 Å². The molecule has 1 heterocycles. The monoisotopic (exact) mass is 318 g/mol. The molecule has 0 saturated heterocycles. The Bertz CT molecular complexity index is 585. The van der Waals surface area contributed by atoms with E-state index in [1.54, 1.807) is 6.07 Å². The Morgan fingerprint density at radius 2 is 1.77 bits per heavy atom. The number of nitrogens with zero attached hydrogens (tertiary/aromatic N) is 2. The number of aldehydes is 1. The summed E-state index contributed by atoms with van der Waals surface area (Å²) in [6.07, 6.45) is 2.49. The second kappa shape index (κ2) is 8.38. The van der Waals surface area contributed by atoms with Crippen LogP contribution in [0.5, 0.6) is 11.8 Å². The molecule has 6 heteroatoms. The van der Waals surface area contributed by atoms with Crippen molar-refractivity contribution < 1.29 is 14.3 Å². The van der Waals surface area contributed by atoms with Gasteiger partial charge in [0.05, 0.1) is 25.5 Å². The summed E-state index contributed by atoms with van der Waals surface area (Å²) in [5.41, 5.74) is 1.21. The first-order chi connectivity index (χ1) is 10.7. The number of benzene rings is 1. The number of methoxy groups -OCH3 is 2. The molecule has 1 aromatic carbocycles. The van der Waals surface area contributed by atoms with Crippen LogP contribution in [-0.4, -0.2) is 35.7 Å². The van der Waals surface area contributed by atoms with Gasteiger partial charge in [-0.05, 0) is 18.4 Å². The predicted molar refractivity (Wildman–Crippen MR) is 85.6 cm³/mol. The van der Waals surface area contributed by atoms with Crippen LogP contribution < -0.4 is 9.47 Å². The predicted octanol–water partition coefficient (Wildman–Crippen LogP) is 2.79. The highest BCUT2D eigenvalue weighted by Gasteiger charge is 2.14. The maximum atomic E-state index is 11.3. The summed E-state index contributed by atoms with van der Waals surface area (Å²) in [6.45, 7) is 0. The van der Waals surface area contributed by atoms with Gasteiger partial charge in [-0.1, -0.05) is 42.1 Å². The highest BCUT2D eigenvalue weighted by atomic mass is 32.2. The normalized spacial score (nSPS) is 11.7. The van der Waals surface area contributed by atoms with Gasteiger partial charge in [0.1, 0.15) is 6.29 Å². The third-order valence-corrected chi connectivity index (χ3v) is 4.09. The molecular formula is C16H18N2O3S. The Labute approximate surface area is 134 Å². The molecule has 0 N–H and O–H groups in total. The third-order valence-electron chi connectivity index (χ3n) is 3.05. The van der Waals surface area contributed by atoms with Crippen molar-refractivity contribution in [1.29, 1.82) is 0 Å². The van der Waals surface area contributed by atoms with E-state index in [9.17, 15) is 4.79 Å². The Kier molecular flexibility index (Phi) is 6.21. The number of carbonyl (C=O) groups is 1. The van der Waals surface area contributed by atoms with Crippen LogP contribution in [0.3, 0.4) is 0 Å². The highest BCUT2D eigenvalue weighted by Crippen LogP contribution is 2.26. The maximum absolute atomic E-state index is 11.3. The van der Waals surface area contributed by atoms with Gasteiger partial charge in [-0.3, -0.25) is 0 Å². The first kappa shape index (κ1) is 16.3. The van der Waals surface area contributed by atoms with E-state index in [0.29, 0.717) is 16.9 Å². The molecule has 0 bridgehead atoms. The molecule has 0 radical (unpaired) electrons. The summed E-state index contributed by atoms with van der Waals surface area (Å²) >= 11 is 1.32. The fourth-order valence-corrected chi connectivity index (χ4v) is 2.74. The molecule has 22 heavy (non-hydrogen) atoms. The second-order valence-corrected chi connectivity index (χ2v) is 5.76. The lowest BCUT2D eigenvalue weighted by atomic mass is 10.1. The van der Waals surface area contributed by atoms with Gasteiger partial charge in [-0.15, -0.1) is 0 Å². The van der Waals surface area contributed by atoms with Gasteiger partial charge in [0.15, 0.2) is 5.16 Å². The van der Waals surface area contributed by atoms with Crippen LogP contribution >= 0.6 is 11.8 Å². The number of thioether (sulfide) groups is 1. The van der Waals surface area contributed by atoms with E-state index in [-0.39, 0.29) is 5.25 Å². The quantitative estimate of drug-likeness (QED) is 0.424. The van der Waals surface area contributed by atoms with Crippen LogP contribution in [0.15, 0.2) is 41.6 Å². The van der Waals surface area contributed by atoms with E-state index in [1.165, 1.54) is 31.5 Å². The van der Waals surface area contributed by atoms with E-state index in [2.05, 4.69) is 22.1 Å². The zero-order valence-electron chi connectivity index (χ0n) is 12.6. The maximum Gasteiger partial charge on any atom is 0.220 e. The van der Waals surface area contributed by atoms with Gasteiger partial charge in [0.2, 0.25) is 11.8 Å². The van der Waals surface area contributed by atoms with Gasteiger partial charge in [-0.25, -0.2) is 0 Å². The van der Waals surface area contributed by atoms with Crippen LogP contribution in [0, 0.1) is 0 Å². The van der Waals surface area contributed by atoms with E-state index >= 15 is 0 Å². The SMILES string of the molecule is COc1cc(OC)nc(SC(C=O)CCc2ccccc2)n1. The standard InChI is InChI=1S/C16H18N2O3S/c1-20-14-10-15(21-2)18-16(17-14)22-13(11-19)9-8-12-6-4-3-5-7-12/h3-7,10-11,13H,8-9H2,1-2H3. The average molecular weight is 318 g/mol. The molecule has 1 unspecified atom stereocenters. The van der Waals surface area contributed by atoms with Crippen molar-refractivity contribution in [2.75, 3.05) is 14.2 Å². The molecule has 0 aliphatic rings. The van der Waals surface area contributed by atoms with E-state index in [4.69, 9.17) is 9.47 Å². The fraction of sp³-hybridized carbons (Fsp3) is 0.312. The number of carbonyl (C=O) groups excluding carboxylic acids is 1. The molecule has 116 valence electrons.